The summed E-state index contributed by atoms with van der Waals surface area (Å²) in [4.78, 5) is 33.1. The largest absolute Gasteiger partial charge is 0.491 e. The number of amides is 1. The summed E-state index contributed by atoms with van der Waals surface area (Å²) in [6.07, 6.45) is 6.11. The van der Waals surface area contributed by atoms with Crippen LogP contribution in [0.4, 0.5) is 10.5 Å². The van der Waals surface area contributed by atoms with Crippen molar-refractivity contribution in [3.8, 4) is 5.75 Å². The number of nitrogens with zero attached hydrogens (tertiary/aromatic N) is 1. The highest BCUT2D eigenvalue weighted by molar-refractivity contribution is 6.27. The number of aliphatic carboxylic acids is 2. The van der Waals surface area contributed by atoms with Crippen LogP contribution in [0.5, 0.6) is 5.75 Å². The molecular formula is C26H42N2O9. The van der Waals surface area contributed by atoms with Crippen LogP contribution in [0.1, 0.15) is 52.4 Å². The van der Waals surface area contributed by atoms with Crippen molar-refractivity contribution < 1.29 is 43.5 Å². The second kappa shape index (κ2) is 20.2. The predicted molar refractivity (Wildman–Crippen MR) is 138 cm³/mol. The molecule has 0 bridgehead atoms. The van der Waals surface area contributed by atoms with E-state index in [2.05, 4.69) is 17.1 Å². The molecule has 1 saturated heterocycles. The fourth-order valence-electron chi connectivity index (χ4n) is 3.55. The molecule has 1 aliphatic heterocycles. The van der Waals surface area contributed by atoms with Gasteiger partial charge in [-0.2, -0.15) is 0 Å². The molecule has 1 aliphatic rings. The van der Waals surface area contributed by atoms with Crippen LogP contribution in [-0.4, -0.2) is 91.9 Å². The molecule has 0 spiro atoms. The lowest BCUT2D eigenvalue weighted by molar-refractivity contribution is -0.159. The number of carboxylic acid groups (broad SMARTS) is 2. The van der Waals surface area contributed by atoms with E-state index < -0.39 is 18.0 Å². The van der Waals surface area contributed by atoms with Crippen molar-refractivity contribution in [3.05, 3.63) is 24.3 Å². The monoisotopic (exact) mass is 526 g/mol. The number of hydrogen-bond donors (Lipinski definition) is 3. The third-order valence-corrected chi connectivity index (χ3v) is 5.38. The molecule has 1 heterocycles. The minimum atomic E-state index is -1.82. The molecule has 3 N–H and O–H groups in total. The van der Waals surface area contributed by atoms with E-state index in [9.17, 15) is 4.79 Å². The Kier molecular flexibility index (Phi) is 17.5. The van der Waals surface area contributed by atoms with E-state index in [1.54, 1.807) is 0 Å². The number of nitrogens with one attached hydrogen (secondary N) is 1. The molecule has 11 heteroatoms. The minimum Gasteiger partial charge on any atom is -0.491 e. The van der Waals surface area contributed by atoms with Gasteiger partial charge >= 0.3 is 18.0 Å². The maximum atomic E-state index is 12.6. The Hall–Kier alpha value is -2.89. The van der Waals surface area contributed by atoms with Crippen LogP contribution >= 0.6 is 0 Å². The minimum absolute atomic E-state index is 0.332. The molecule has 0 radical (unpaired) electrons. The molecule has 1 aromatic carbocycles. The van der Waals surface area contributed by atoms with Crippen molar-refractivity contribution in [1.29, 1.82) is 0 Å². The fraction of sp³-hybridized carbons (Fsp3) is 0.654. The molecule has 2 rings (SSSR count). The van der Waals surface area contributed by atoms with Crippen LogP contribution in [0.3, 0.4) is 0 Å². The Bertz CT molecular complexity index is 773. The lowest BCUT2D eigenvalue weighted by Crippen LogP contribution is -2.37. The van der Waals surface area contributed by atoms with Gasteiger partial charge in [-0.25, -0.2) is 14.4 Å². The van der Waals surface area contributed by atoms with Crippen molar-refractivity contribution in [3.63, 3.8) is 0 Å². The lowest BCUT2D eigenvalue weighted by Gasteiger charge is -2.24. The molecule has 1 amide bonds. The van der Waals surface area contributed by atoms with Gasteiger partial charge in [0.25, 0.3) is 0 Å². The Morgan fingerprint density at radius 1 is 0.946 bits per heavy atom. The Labute approximate surface area is 219 Å². The highest BCUT2D eigenvalue weighted by atomic mass is 16.6. The summed E-state index contributed by atoms with van der Waals surface area (Å²) in [5.74, 6) is -2.98. The summed E-state index contributed by atoms with van der Waals surface area (Å²) in [7, 11) is 0. The standard InChI is InChI=1S/C24H40N2O5.C2H2O4/c1-3-5-6-11-16-30-23-13-8-7-12-22(23)25-24(27)31-21(19-26-14-9-10-15-26)20-29-18-17-28-4-2;3-1(4)2(5)6/h7-8,12-13,21H,3-6,9-11,14-20H2,1-2H3,(H,25,27);(H,3,4)(H,5,6). The van der Waals surface area contributed by atoms with Gasteiger partial charge in [0.15, 0.2) is 0 Å². The number of anilines is 1. The second-order valence-corrected chi connectivity index (χ2v) is 8.45. The van der Waals surface area contributed by atoms with E-state index >= 15 is 0 Å². The molecule has 1 unspecified atom stereocenters. The number of rotatable bonds is 16. The van der Waals surface area contributed by atoms with Gasteiger partial charge in [-0.1, -0.05) is 38.3 Å². The van der Waals surface area contributed by atoms with Gasteiger partial charge in [-0.3, -0.25) is 10.2 Å². The number of carbonyl (C=O) groups excluding carboxylic acids is 1. The van der Waals surface area contributed by atoms with Gasteiger partial charge < -0.3 is 29.2 Å². The first-order valence-corrected chi connectivity index (χ1v) is 12.9. The highest BCUT2D eigenvalue weighted by Crippen LogP contribution is 2.24. The zero-order valence-electron chi connectivity index (χ0n) is 22.0. The molecule has 210 valence electrons. The second-order valence-electron chi connectivity index (χ2n) is 8.45. The molecule has 1 fully saturated rings. The number of unbranched alkanes of at least 4 members (excludes halogenated alkanes) is 3. The number of para-hydroxylation sites is 2. The van der Waals surface area contributed by atoms with E-state index in [4.69, 9.17) is 38.7 Å². The maximum absolute atomic E-state index is 12.6. The highest BCUT2D eigenvalue weighted by Gasteiger charge is 2.22. The third-order valence-electron chi connectivity index (χ3n) is 5.38. The summed E-state index contributed by atoms with van der Waals surface area (Å²) in [6, 6.07) is 7.48. The van der Waals surface area contributed by atoms with Crippen molar-refractivity contribution in [1.82, 2.24) is 4.90 Å². The van der Waals surface area contributed by atoms with Crippen LogP contribution in [0.2, 0.25) is 0 Å². The van der Waals surface area contributed by atoms with E-state index in [0.717, 1.165) is 25.9 Å². The summed E-state index contributed by atoms with van der Waals surface area (Å²) < 4.78 is 22.6. The van der Waals surface area contributed by atoms with Gasteiger partial charge in [0.05, 0.1) is 32.1 Å². The molecule has 1 atom stereocenters. The quantitative estimate of drug-likeness (QED) is 0.214. The molecule has 37 heavy (non-hydrogen) atoms. The van der Waals surface area contributed by atoms with Crippen molar-refractivity contribution >= 4 is 23.7 Å². The number of carbonyl (C=O) groups is 3. The SMILES string of the molecule is CCCCCCOc1ccccc1NC(=O)OC(COCCOCC)CN1CCCC1.O=C(O)C(=O)O. The number of benzene rings is 1. The first-order chi connectivity index (χ1) is 17.9. The van der Waals surface area contributed by atoms with Crippen LogP contribution < -0.4 is 10.1 Å². The third kappa shape index (κ3) is 15.7. The van der Waals surface area contributed by atoms with Crippen LogP contribution in [0, 0.1) is 0 Å². The first kappa shape index (κ1) is 32.1. The molecule has 11 nitrogen and oxygen atoms in total. The summed E-state index contributed by atoms with van der Waals surface area (Å²) >= 11 is 0. The van der Waals surface area contributed by atoms with Crippen LogP contribution in [0.15, 0.2) is 24.3 Å². The smallest absolute Gasteiger partial charge is 0.414 e. The Morgan fingerprint density at radius 3 is 2.27 bits per heavy atom. The molecule has 0 aromatic heterocycles. The number of ether oxygens (including phenoxy) is 4. The van der Waals surface area contributed by atoms with Crippen LogP contribution in [0.25, 0.3) is 0 Å². The molecule has 1 aromatic rings. The maximum Gasteiger partial charge on any atom is 0.414 e. The lowest BCUT2D eigenvalue weighted by atomic mass is 10.2. The summed E-state index contributed by atoms with van der Waals surface area (Å²) in [5.41, 5.74) is 0.625. The average molecular weight is 527 g/mol. The molecule has 0 saturated carbocycles. The van der Waals surface area contributed by atoms with Crippen molar-refractivity contribution in [2.75, 3.05) is 58.0 Å². The van der Waals surface area contributed by atoms with Gasteiger partial charge in [0.2, 0.25) is 0 Å². The number of likely N-dealkylation sites (tertiary alicyclic amines) is 1. The average Bonchev–Trinajstić information content (AvgIpc) is 3.38. The van der Waals surface area contributed by atoms with E-state index in [1.165, 1.54) is 25.7 Å². The van der Waals surface area contributed by atoms with Gasteiger partial charge in [0.1, 0.15) is 11.9 Å². The topological polar surface area (TPSA) is 144 Å². The normalized spacial score (nSPS) is 13.8. The predicted octanol–water partition coefficient (Wildman–Crippen LogP) is 3.87. The molecular weight excluding hydrogens is 484 g/mol. The van der Waals surface area contributed by atoms with Gasteiger partial charge in [0, 0.05) is 13.2 Å². The summed E-state index contributed by atoms with van der Waals surface area (Å²) in [6.45, 7) is 9.59. The van der Waals surface area contributed by atoms with E-state index in [0.29, 0.717) is 51.0 Å². The first-order valence-electron chi connectivity index (χ1n) is 12.9. The molecule has 0 aliphatic carbocycles. The Morgan fingerprint density at radius 2 is 1.62 bits per heavy atom. The van der Waals surface area contributed by atoms with E-state index in [1.807, 2.05) is 31.2 Å². The van der Waals surface area contributed by atoms with Crippen molar-refractivity contribution in [2.45, 2.75) is 58.5 Å². The van der Waals surface area contributed by atoms with E-state index in [-0.39, 0.29) is 6.10 Å². The fourth-order valence-corrected chi connectivity index (χ4v) is 3.55. The zero-order valence-corrected chi connectivity index (χ0v) is 22.0. The summed E-state index contributed by atoms with van der Waals surface area (Å²) in [5, 5.41) is 17.6. The van der Waals surface area contributed by atoms with Gasteiger partial charge in [-0.15, -0.1) is 0 Å². The number of carboxylic acids is 2. The van der Waals surface area contributed by atoms with Crippen molar-refractivity contribution in [2.24, 2.45) is 0 Å². The van der Waals surface area contributed by atoms with Crippen LogP contribution in [-0.2, 0) is 23.8 Å². The Balaban J connectivity index is 0.00000102. The zero-order chi connectivity index (χ0) is 27.3. The van der Waals surface area contributed by atoms with Gasteiger partial charge in [-0.05, 0) is 51.4 Å². The number of hydrogen-bond acceptors (Lipinski definition) is 8.